The van der Waals surface area contributed by atoms with E-state index >= 15 is 0 Å². The maximum atomic E-state index is 13.1. The topological polar surface area (TPSA) is 92.4 Å². The van der Waals surface area contributed by atoms with Crippen LogP contribution in [0.4, 0.5) is 4.39 Å². The van der Waals surface area contributed by atoms with Gasteiger partial charge in [0, 0.05) is 5.56 Å². The number of hydrogen-bond acceptors (Lipinski definition) is 4. The van der Waals surface area contributed by atoms with Crippen molar-refractivity contribution in [2.45, 2.75) is 39.2 Å². The number of carboxylic acids is 1. The fourth-order valence-corrected chi connectivity index (χ4v) is 2.61. The van der Waals surface area contributed by atoms with E-state index in [2.05, 4.69) is 10.5 Å². The lowest BCUT2D eigenvalue weighted by Crippen LogP contribution is -2.45. The van der Waals surface area contributed by atoms with Gasteiger partial charge in [-0.25, -0.2) is 4.39 Å². The molecular formula is C17H19FN2O4. The van der Waals surface area contributed by atoms with Crippen LogP contribution >= 0.6 is 0 Å². The molecule has 0 aliphatic rings. The average molecular weight is 334 g/mol. The summed E-state index contributed by atoms with van der Waals surface area (Å²) in [5.41, 5.74) is 0.641. The van der Waals surface area contributed by atoms with Crippen LogP contribution in [0.15, 0.2) is 28.8 Å². The minimum atomic E-state index is -1.16. The molecule has 6 nitrogen and oxygen atoms in total. The first-order chi connectivity index (χ1) is 11.2. The number of nitrogens with zero attached hydrogens (tertiary/aromatic N) is 1. The molecule has 24 heavy (non-hydrogen) atoms. The van der Waals surface area contributed by atoms with Gasteiger partial charge in [-0.2, -0.15) is 0 Å². The molecule has 1 unspecified atom stereocenters. The molecule has 128 valence electrons. The van der Waals surface area contributed by atoms with Crippen LogP contribution in [0.5, 0.6) is 0 Å². The zero-order valence-electron chi connectivity index (χ0n) is 13.7. The maximum absolute atomic E-state index is 13.1. The van der Waals surface area contributed by atoms with Crippen molar-refractivity contribution >= 4 is 11.9 Å². The molecule has 1 aromatic carbocycles. The first-order valence-corrected chi connectivity index (χ1v) is 7.42. The molecule has 2 aromatic rings. The molecule has 0 spiro atoms. The summed E-state index contributed by atoms with van der Waals surface area (Å²) in [5, 5.41) is 15.7. The van der Waals surface area contributed by atoms with Crippen molar-refractivity contribution in [3.63, 3.8) is 0 Å². The number of nitrogens with one attached hydrogen (secondary N) is 1. The number of carboxylic acid groups (broad SMARTS) is 1. The third kappa shape index (κ3) is 3.98. The lowest BCUT2D eigenvalue weighted by atomic mass is 9.88. The van der Waals surface area contributed by atoms with Crippen LogP contribution in [-0.4, -0.2) is 22.1 Å². The van der Waals surface area contributed by atoms with Crippen LogP contribution < -0.4 is 5.32 Å². The van der Waals surface area contributed by atoms with Crippen molar-refractivity contribution in [1.82, 2.24) is 10.5 Å². The number of aryl methyl sites for hydroxylation is 2. The third-order valence-corrected chi connectivity index (χ3v) is 3.92. The number of halogens is 1. The summed E-state index contributed by atoms with van der Waals surface area (Å²) >= 11 is 0. The molecule has 0 saturated heterocycles. The Balaban J connectivity index is 2.23. The minimum Gasteiger partial charge on any atom is -0.481 e. The molecule has 2 rings (SSSR count). The van der Waals surface area contributed by atoms with E-state index < -0.39 is 17.3 Å². The van der Waals surface area contributed by atoms with E-state index in [0.29, 0.717) is 22.6 Å². The van der Waals surface area contributed by atoms with Gasteiger partial charge in [0.15, 0.2) is 0 Å². The second-order valence-corrected chi connectivity index (χ2v) is 5.94. The number of carbonyl (C=O) groups excluding carboxylic acids is 1. The van der Waals surface area contributed by atoms with Crippen LogP contribution in [-0.2, 0) is 21.5 Å². The molecule has 1 aromatic heterocycles. The molecule has 1 atom stereocenters. The standard InChI is InChI=1S/C17H19FN2O4/c1-10-14(11(2)24-20-10)8-15(21)19-17(3,9-16(22)23)12-4-6-13(18)7-5-12/h4-7H,8-9H2,1-3H3,(H,19,21)(H,22,23). The molecule has 2 N–H and O–H groups in total. The van der Waals surface area contributed by atoms with Gasteiger partial charge in [-0.15, -0.1) is 0 Å². The molecule has 0 fully saturated rings. The van der Waals surface area contributed by atoms with E-state index in [0.717, 1.165) is 0 Å². The van der Waals surface area contributed by atoms with Gasteiger partial charge in [-0.1, -0.05) is 17.3 Å². The Morgan fingerprint density at radius 3 is 2.42 bits per heavy atom. The number of amides is 1. The third-order valence-electron chi connectivity index (χ3n) is 3.92. The molecule has 0 saturated carbocycles. The van der Waals surface area contributed by atoms with Gasteiger partial charge in [-0.05, 0) is 38.5 Å². The first kappa shape index (κ1) is 17.7. The Kier molecular flexibility index (Phi) is 5.02. The fraction of sp³-hybridized carbons (Fsp3) is 0.353. The molecule has 7 heteroatoms. The largest absolute Gasteiger partial charge is 0.481 e. The zero-order valence-corrected chi connectivity index (χ0v) is 13.7. The number of rotatable bonds is 6. The summed E-state index contributed by atoms with van der Waals surface area (Å²) in [6, 6.07) is 5.40. The zero-order chi connectivity index (χ0) is 17.9. The number of carbonyl (C=O) groups is 2. The smallest absolute Gasteiger partial charge is 0.306 e. The van der Waals surface area contributed by atoms with Crippen LogP contribution in [0.25, 0.3) is 0 Å². The first-order valence-electron chi connectivity index (χ1n) is 7.42. The Morgan fingerprint density at radius 2 is 1.92 bits per heavy atom. The van der Waals surface area contributed by atoms with Crippen molar-refractivity contribution in [2.24, 2.45) is 0 Å². The molecule has 0 radical (unpaired) electrons. The van der Waals surface area contributed by atoms with Crippen molar-refractivity contribution in [3.05, 3.63) is 52.7 Å². The Labute approximate surface area is 138 Å². The van der Waals surface area contributed by atoms with Gasteiger partial charge in [-0.3, -0.25) is 9.59 Å². The van der Waals surface area contributed by atoms with Crippen LogP contribution in [0.1, 0.15) is 35.9 Å². The quantitative estimate of drug-likeness (QED) is 0.846. The van der Waals surface area contributed by atoms with E-state index in [-0.39, 0.29) is 18.7 Å². The van der Waals surface area contributed by atoms with Crippen LogP contribution in [0.2, 0.25) is 0 Å². The van der Waals surface area contributed by atoms with E-state index in [1.807, 2.05) is 0 Å². The highest BCUT2D eigenvalue weighted by Gasteiger charge is 2.32. The van der Waals surface area contributed by atoms with Crippen molar-refractivity contribution in [1.29, 1.82) is 0 Å². The summed E-state index contributed by atoms with van der Waals surface area (Å²) in [6.07, 6.45) is -0.302. The summed E-state index contributed by atoms with van der Waals surface area (Å²) in [6.45, 7) is 5.04. The molecule has 1 amide bonds. The van der Waals surface area contributed by atoms with Crippen molar-refractivity contribution in [2.75, 3.05) is 0 Å². The van der Waals surface area contributed by atoms with Crippen LogP contribution in [0.3, 0.4) is 0 Å². The molecule has 1 heterocycles. The Bertz CT molecular complexity index is 735. The number of benzene rings is 1. The summed E-state index contributed by atoms with van der Waals surface area (Å²) in [7, 11) is 0. The average Bonchev–Trinajstić information content (AvgIpc) is 2.78. The molecule has 0 aliphatic carbocycles. The van der Waals surface area contributed by atoms with E-state index in [1.165, 1.54) is 24.3 Å². The maximum Gasteiger partial charge on any atom is 0.306 e. The normalized spacial score (nSPS) is 13.3. The summed E-state index contributed by atoms with van der Waals surface area (Å²) in [4.78, 5) is 23.6. The molecule has 0 bridgehead atoms. The Hall–Kier alpha value is -2.70. The highest BCUT2D eigenvalue weighted by atomic mass is 19.1. The summed E-state index contributed by atoms with van der Waals surface area (Å²) < 4.78 is 18.1. The fourth-order valence-electron chi connectivity index (χ4n) is 2.61. The number of hydrogen-bond donors (Lipinski definition) is 2. The SMILES string of the molecule is Cc1noc(C)c1CC(=O)NC(C)(CC(=O)O)c1ccc(F)cc1. The van der Waals surface area contributed by atoms with Gasteiger partial charge in [0.25, 0.3) is 0 Å². The lowest BCUT2D eigenvalue weighted by Gasteiger charge is -2.30. The summed E-state index contributed by atoms with van der Waals surface area (Å²) in [5.74, 6) is -1.32. The second-order valence-electron chi connectivity index (χ2n) is 5.94. The highest BCUT2D eigenvalue weighted by molar-refractivity contribution is 5.81. The Morgan fingerprint density at radius 1 is 1.29 bits per heavy atom. The minimum absolute atomic E-state index is 0.0254. The van der Waals surface area contributed by atoms with E-state index in [4.69, 9.17) is 4.52 Å². The van der Waals surface area contributed by atoms with Gasteiger partial charge in [0.1, 0.15) is 11.6 Å². The van der Waals surface area contributed by atoms with E-state index in [9.17, 15) is 19.1 Å². The van der Waals surface area contributed by atoms with Gasteiger partial charge in [0.05, 0.1) is 24.1 Å². The number of aliphatic carboxylic acids is 1. The van der Waals surface area contributed by atoms with Crippen molar-refractivity contribution in [3.8, 4) is 0 Å². The molecular weight excluding hydrogens is 315 g/mol. The van der Waals surface area contributed by atoms with Crippen LogP contribution in [0, 0.1) is 19.7 Å². The monoisotopic (exact) mass is 334 g/mol. The van der Waals surface area contributed by atoms with Crippen molar-refractivity contribution < 1.29 is 23.6 Å². The predicted molar refractivity (Wildman–Crippen MR) is 83.8 cm³/mol. The van der Waals surface area contributed by atoms with Gasteiger partial charge >= 0.3 is 5.97 Å². The second kappa shape index (κ2) is 6.82. The van der Waals surface area contributed by atoms with Gasteiger partial charge < -0.3 is 14.9 Å². The van der Waals surface area contributed by atoms with E-state index in [1.54, 1.807) is 20.8 Å². The predicted octanol–water partition coefficient (Wildman–Crippen LogP) is 2.48. The highest BCUT2D eigenvalue weighted by Crippen LogP contribution is 2.25. The lowest BCUT2D eigenvalue weighted by molar-refractivity contribution is -0.139. The van der Waals surface area contributed by atoms with Gasteiger partial charge in [0.2, 0.25) is 5.91 Å². The number of aromatic nitrogens is 1. The molecule has 0 aliphatic heterocycles.